The third-order valence-corrected chi connectivity index (χ3v) is 1.93. The maximum Gasteiger partial charge on any atom is 0.321 e. The quantitative estimate of drug-likeness (QED) is 0.625. The summed E-state index contributed by atoms with van der Waals surface area (Å²) in [5.74, 6) is -0.180. The molecule has 0 bridgehead atoms. The van der Waals surface area contributed by atoms with Gasteiger partial charge in [-0.2, -0.15) is 35.9 Å². The molecule has 0 spiro atoms. The second kappa shape index (κ2) is 5.59. The van der Waals surface area contributed by atoms with Gasteiger partial charge in [0.15, 0.2) is 6.23 Å². The van der Waals surface area contributed by atoms with E-state index in [-0.39, 0.29) is 44.9 Å². The Kier molecular flexibility index (Phi) is 4.72. The molecule has 1 atom stereocenters. The Morgan fingerprint density at radius 2 is 2.43 bits per heavy atom. The van der Waals surface area contributed by atoms with Gasteiger partial charge in [0.1, 0.15) is 0 Å². The molecular formula is C10H10NO2Y-. The van der Waals surface area contributed by atoms with Crippen molar-refractivity contribution in [3.63, 3.8) is 0 Å². The largest absolute Gasteiger partial charge is 0.445 e. The molecule has 0 saturated carbocycles. The first-order valence-corrected chi connectivity index (χ1v) is 4.23. The topological polar surface area (TPSA) is 38.3 Å². The number of nitrogens with one attached hydrogen (secondary N) is 1. The van der Waals surface area contributed by atoms with E-state index in [4.69, 9.17) is 4.74 Å². The number of rotatable bonds is 2. The number of benzene rings is 1. The summed E-state index contributed by atoms with van der Waals surface area (Å²) in [7, 11) is 0. The normalized spacial score (nSPS) is 20.0. The van der Waals surface area contributed by atoms with Crippen molar-refractivity contribution >= 4 is 5.97 Å². The summed E-state index contributed by atoms with van der Waals surface area (Å²) < 4.78 is 5.00. The molecular weight excluding hydrogens is 255 g/mol. The number of carbonyl (C=O) groups is 1. The van der Waals surface area contributed by atoms with Crippen LogP contribution in [0.4, 0.5) is 0 Å². The standard InChI is InChI=1S/C10H10NO2.Y/c12-10-7-11-9(13-10)6-8-4-2-1-3-5-8;/h1-4,9,11H,6-7H2;/q-1;. The van der Waals surface area contributed by atoms with Gasteiger partial charge in [0.2, 0.25) is 0 Å². The van der Waals surface area contributed by atoms with Crippen molar-refractivity contribution in [3.8, 4) is 0 Å². The van der Waals surface area contributed by atoms with E-state index in [1.165, 1.54) is 0 Å². The minimum absolute atomic E-state index is 0. The van der Waals surface area contributed by atoms with Crippen LogP contribution in [0.2, 0.25) is 0 Å². The van der Waals surface area contributed by atoms with Crippen LogP contribution in [0.3, 0.4) is 0 Å². The van der Waals surface area contributed by atoms with Crippen molar-refractivity contribution in [2.75, 3.05) is 6.54 Å². The van der Waals surface area contributed by atoms with Gasteiger partial charge in [-0.3, -0.25) is 10.1 Å². The van der Waals surface area contributed by atoms with E-state index < -0.39 is 0 Å². The summed E-state index contributed by atoms with van der Waals surface area (Å²) in [6.07, 6.45) is 0.512. The van der Waals surface area contributed by atoms with Crippen LogP contribution in [-0.4, -0.2) is 18.7 Å². The summed E-state index contributed by atoms with van der Waals surface area (Å²) in [6, 6.07) is 10.8. The molecule has 0 aromatic heterocycles. The fourth-order valence-electron chi connectivity index (χ4n) is 1.31. The second-order valence-corrected chi connectivity index (χ2v) is 2.95. The first-order valence-electron chi connectivity index (χ1n) is 4.23. The van der Waals surface area contributed by atoms with Crippen molar-refractivity contribution in [1.82, 2.24) is 5.32 Å². The third kappa shape index (κ3) is 3.16. The maximum atomic E-state index is 10.7. The van der Waals surface area contributed by atoms with Crippen LogP contribution in [0, 0.1) is 6.07 Å². The molecule has 71 valence electrons. The van der Waals surface area contributed by atoms with E-state index in [9.17, 15) is 4.79 Å². The van der Waals surface area contributed by atoms with Gasteiger partial charge in [-0.25, -0.2) is 0 Å². The SMILES string of the molecule is O=C1CNC(Cc2[c-]cccc2)O1.[Y]. The van der Waals surface area contributed by atoms with Crippen LogP contribution in [0.1, 0.15) is 5.56 Å². The van der Waals surface area contributed by atoms with Crippen molar-refractivity contribution < 1.29 is 42.2 Å². The minimum Gasteiger partial charge on any atom is -0.445 e. The van der Waals surface area contributed by atoms with E-state index >= 15 is 0 Å². The molecule has 1 fully saturated rings. The van der Waals surface area contributed by atoms with Gasteiger partial charge >= 0.3 is 5.97 Å². The number of hydrogen-bond donors (Lipinski definition) is 1. The summed E-state index contributed by atoms with van der Waals surface area (Å²) in [5, 5.41) is 2.96. The van der Waals surface area contributed by atoms with Gasteiger partial charge < -0.3 is 4.74 Å². The molecule has 1 aliphatic heterocycles. The van der Waals surface area contributed by atoms with E-state index in [1.807, 2.05) is 24.3 Å². The fraction of sp³-hybridized carbons (Fsp3) is 0.300. The molecule has 14 heavy (non-hydrogen) atoms. The Hall–Kier alpha value is -0.246. The molecule has 0 amide bonds. The second-order valence-electron chi connectivity index (χ2n) is 2.95. The van der Waals surface area contributed by atoms with Gasteiger partial charge in [0, 0.05) is 39.1 Å². The molecule has 1 aliphatic rings. The molecule has 1 saturated heterocycles. The Labute approximate surface area is 108 Å². The molecule has 3 nitrogen and oxygen atoms in total. The number of hydrogen-bond acceptors (Lipinski definition) is 3. The zero-order valence-electron chi connectivity index (χ0n) is 7.69. The summed E-state index contributed by atoms with van der Waals surface area (Å²) >= 11 is 0. The smallest absolute Gasteiger partial charge is 0.321 e. The summed E-state index contributed by atoms with van der Waals surface area (Å²) in [5.41, 5.74) is 1.05. The molecule has 1 aromatic carbocycles. The first-order chi connectivity index (χ1) is 6.34. The Morgan fingerprint density at radius 3 is 3.00 bits per heavy atom. The summed E-state index contributed by atoms with van der Waals surface area (Å²) in [6.45, 7) is 0.317. The van der Waals surface area contributed by atoms with E-state index in [2.05, 4.69) is 11.4 Å². The van der Waals surface area contributed by atoms with Crippen molar-refractivity contribution in [2.45, 2.75) is 12.6 Å². The van der Waals surface area contributed by atoms with E-state index in [1.54, 1.807) is 0 Å². The van der Waals surface area contributed by atoms with Crippen LogP contribution < -0.4 is 5.32 Å². The molecule has 1 aromatic rings. The van der Waals surface area contributed by atoms with Gasteiger partial charge in [0.05, 0.1) is 6.54 Å². The predicted octanol–water partition coefficient (Wildman–Crippen LogP) is 0.499. The predicted molar refractivity (Wildman–Crippen MR) is 46.9 cm³/mol. The molecule has 0 aliphatic carbocycles. The molecule has 1 unspecified atom stereocenters. The number of ether oxygens (including phenoxy) is 1. The molecule has 4 heteroatoms. The van der Waals surface area contributed by atoms with Crippen LogP contribution in [-0.2, 0) is 48.7 Å². The average molecular weight is 265 g/mol. The van der Waals surface area contributed by atoms with Crippen LogP contribution in [0.15, 0.2) is 24.3 Å². The van der Waals surface area contributed by atoms with Crippen LogP contribution >= 0.6 is 0 Å². The maximum absolute atomic E-state index is 10.7. The monoisotopic (exact) mass is 265 g/mol. The van der Waals surface area contributed by atoms with Crippen LogP contribution in [0.5, 0.6) is 0 Å². The molecule has 2 rings (SSSR count). The van der Waals surface area contributed by atoms with Gasteiger partial charge in [-0.05, 0) is 0 Å². The Bertz CT molecular complexity index is 302. The van der Waals surface area contributed by atoms with E-state index in [0.29, 0.717) is 13.0 Å². The van der Waals surface area contributed by atoms with Crippen molar-refractivity contribution in [3.05, 3.63) is 35.9 Å². The number of carbonyl (C=O) groups excluding carboxylic acids is 1. The molecule has 1 radical (unpaired) electrons. The van der Waals surface area contributed by atoms with Crippen molar-refractivity contribution in [2.24, 2.45) is 0 Å². The van der Waals surface area contributed by atoms with Gasteiger partial charge in [0.25, 0.3) is 0 Å². The molecule has 1 N–H and O–H groups in total. The number of esters is 1. The van der Waals surface area contributed by atoms with Crippen LogP contribution in [0.25, 0.3) is 0 Å². The Morgan fingerprint density at radius 1 is 1.57 bits per heavy atom. The fourth-order valence-corrected chi connectivity index (χ4v) is 1.31. The number of cyclic esters (lactones) is 1. The minimum atomic E-state index is -0.180. The van der Waals surface area contributed by atoms with Gasteiger partial charge in [-0.1, -0.05) is 0 Å². The van der Waals surface area contributed by atoms with Gasteiger partial charge in [-0.15, -0.1) is 0 Å². The van der Waals surface area contributed by atoms with E-state index in [0.717, 1.165) is 5.56 Å². The Balaban J connectivity index is 0.000000980. The first kappa shape index (κ1) is 11.8. The third-order valence-electron chi connectivity index (χ3n) is 1.93. The summed E-state index contributed by atoms with van der Waals surface area (Å²) in [4.78, 5) is 10.7. The van der Waals surface area contributed by atoms with Crippen molar-refractivity contribution in [1.29, 1.82) is 0 Å². The average Bonchev–Trinajstić information content (AvgIpc) is 2.53. The zero-order chi connectivity index (χ0) is 9.10. The zero-order valence-corrected chi connectivity index (χ0v) is 10.5. The molecule has 1 heterocycles.